The third kappa shape index (κ3) is 4.75. The smallest absolute Gasteiger partial charge is 0.137 e. The normalized spacial score (nSPS) is 11.8. The molecule has 11 rings (SSSR count). The zero-order chi connectivity index (χ0) is 34.9. The van der Waals surface area contributed by atoms with Crippen molar-refractivity contribution in [2.24, 2.45) is 0 Å². The monoisotopic (exact) mass is 676 g/mol. The van der Waals surface area contributed by atoms with Gasteiger partial charge in [0.2, 0.25) is 0 Å². The number of anilines is 3. The molecule has 0 unspecified atom stereocenters. The fourth-order valence-corrected chi connectivity index (χ4v) is 8.23. The van der Waals surface area contributed by atoms with Gasteiger partial charge in [-0.1, -0.05) is 121 Å². The maximum absolute atomic E-state index is 6.59. The number of hydrogen-bond acceptors (Lipinski definition) is 2. The molecular formula is C50H32N2O. The number of nitrogens with zero attached hydrogens (tertiary/aromatic N) is 2. The summed E-state index contributed by atoms with van der Waals surface area (Å²) in [6.07, 6.45) is 0. The molecule has 0 atom stereocenters. The third-order valence-electron chi connectivity index (χ3n) is 10.7. The van der Waals surface area contributed by atoms with E-state index in [0.717, 1.165) is 50.2 Å². The number of benzene rings is 9. The summed E-state index contributed by atoms with van der Waals surface area (Å²) < 4.78 is 8.98. The highest BCUT2D eigenvalue weighted by Crippen LogP contribution is 2.45. The summed E-state index contributed by atoms with van der Waals surface area (Å²) in [6.45, 7) is 0. The summed E-state index contributed by atoms with van der Waals surface area (Å²) >= 11 is 0. The fourth-order valence-electron chi connectivity index (χ4n) is 8.23. The van der Waals surface area contributed by atoms with E-state index in [0.29, 0.717) is 0 Å². The van der Waals surface area contributed by atoms with Crippen molar-refractivity contribution in [1.82, 2.24) is 4.57 Å². The van der Waals surface area contributed by atoms with Gasteiger partial charge in [0, 0.05) is 33.2 Å². The topological polar surface area (TPSA) is 21.3 Å². The molecule has 0 spiro atoms. The SMILES string of the molecule is c1ccc(-n2c3ccccc3c3ccc(N(c4ccc(-c5ccc6ccccc6c5)cc4)c4cccc5oc6cc7ccccc7cc6c45)cc32)cc1. The Morgan fingerprint density at radius 2 is 1.04 bits per heavy atom. The van der Waals surface area contributed by atoms with Gasteiger partial charge in [0.1, 0.15) is 11.2 Å². The molecule has 3 heteroatoms. The Kier molecular flexibility index (Phi) is 6.55. The van der Waals surface area contributed by atoms with E-state index in [1.54, 1.807) is 0 Å². The lowest BCUT2D eigenvalue weighted by Crippen LogP contribution is -2.10. The molecule has 2 aromatic heterocycles. The maximum Gasteiger partial charge on any atom is 0.137 e. The lowest BCUT2D eigenvalue weighted by atomic mass is 10.0. The van der Waals surface area contributed by atoms with E-state index in [1.807, 2.05) is 0 Å². The van der Waals surface area contributed by atoms with Crippen LogP contribution >= 0.6 is 0 Å². The molecule has 11 aromatic rings. The minimum atomic E-state index is 0.866. The van der Waals surface area contributed by atoms with E-state index in [4.69, 9.17) is 4.42 Å². The van der Waals surface area contributed by atoms with Crippen molar-refractivity contribution >= 4 is 82.4 Å². The van der Waals surface area contributed by atoms with Gasteiger partial charge in [0.25, 0.3) is 0 Å². The third-order valence-corrected chi connectivity index (χ3v) is 10.7. The van der Waals surface area contributed by atoms with Crippen LogP contribution < -0.4 is 4.90 Å². The summed E-state index contributed by atoms with van der Waals surface area (Å²) in [5.41, 5.74) is 10.8. The van der Waals surface area contributed by atoms with Crippen LogP contribution in [0.3, 0.4) is 0 Å². The van der Waals surface area contributed by atoms with Crippen molar-refractivity contribution < 1.29 is 4.42 Å². The minimum Gasteiger partial charge on any atom is -0.456 e. The Morgan fingerprint density at radius 3 is 1.87 bits per heavy atom. The van der Waals surface area contributed by atoms with Crippen molar-refractivity contribution in [3.63, 3.8) is 0 Å². The molecule has 0 fully saturated rings. The molecule has 53 heavy (non-hydrogen) atoms. The number of para-hydroxylation sites is 2. The molecule has 0 radical (unpaired) electrons. The molecule has 0 aliphatic rings. The first kappa shape index (κ1) is 29.6. The van der Waals surface area contributed by atoms with Crippen molar-refractivity contribution in [2.45, 2.75) is 0 Å². The van der Waals surface area contributed by atoms with Gasteiger partial charge >= 0.3 is 0 Å². The second kappa shape index (κ2) is 11.7. The molecule has 0 aliphatic heterocycles. The van der Waals surface area contributed by atoms with E-state index in [2.05, 4.69) is 204 Å². The molecule has 248 valence electrons. The van der Waals surface area contributed by atoms with Crippen molar-refractivity contribution in [3.8, 4) is 16.8 Å². The largest absolute Gasteiger partial charge is 0.456 e. The summed E-state index contributed by atoms with van der Waals surface area (Å²) in [6, 6.07) is 69.8. The summed E-state index contributed by atoms with van der Waals surface area (Å²) in [5.74, 6) is 0. The molecule has 0 aliphatic carbocycles. The van der Waals surface area contributed by atoms with Crippen molar-refractivity contribution in [1.29, 1.82) is 0 Å². The van der Waals surface area contributed by atoms with Crippen LogP contribution in [0.2, 0.25) is 0 Å². The molecule has 0 bridgehead atoms. The average Bonchev–Trinajstić information content (AvgIpc) is 3.75. The Hall–Kier alpha value is -7.10. The Morgan fingerprint density at radius 1 is 0.377 bits per heavy atom. The quantitative estimate of drug-likeness (QED) is 0.181. The van der Waals surface area contributed by atoms with Crippen molar-refractivity contribution in [3.05, 3.63) is 194 Å². The maximum atomic E-state index is 6.59. The Balaban J connectivity index is 1.16. The van der Waals surface area contributed by atoms with Crippen LogP contribution in [0.4, 0.5) is 17.1 Å². The van der Waals surface area contributed by atoms with Gasteiger partial charge in [0.15, 0.2) is 0 Å². The van der Waals surface area contributed by atoms with Crippen LogP contribution in [0.25, 0.3) is 82.1 Å². The van der Waals surface area contributed by atoms with Gasteiger partial charge in [-0.15, -0.1) is 0 Å². The molecular weight excluding hydrogens is 645 g/mol. The first-order chi connectivity index (χ1) is 26.3. The number of fused-ring (bicyclic) bond motifs is 8. The van der Waals surface area contributed by atoms with E-state index in [-0.39, 0.29) is 0 Å². The molecule has 0 saturated carbocycles. The van der Waals surface area contributed by atoms with Crippen LogP contribution in [0.5, 0.6) is 0 Å². The second-order valence-corrected chi connectivity index (χ2v) is 13.8. The number of aromatic nitrogens is 1. The summed E-state index contributed by atoms with van der Waals surface area (Å²) in [4.78, 5) is 2.39. The first-order valence-corrected chi connectivity index (χ1v) is 18.1. The number of furan rings is 1. The van der Waals surface area contributed by atoms with Gasteiger partial charge in [-0.3, -0.25) is 0 Å². The minimum absolute atomic E-state index is 0.866. The molecule has 9 aromatic carbocycles. The summed E-state index contributed by atoms with van der Waals surface area (Å²) in [7, 11) is 0. The Bertz CT molecular complexity index is 3170. The van der Waals surface area contributed by atoms with Gasteiger partial charge in [0.05, 0.1) is 22.1 Å². The van der Waals surface area contributed by atoms with Gasteiger partial charge in [-0.25, -0.2) is 0 Å². The lowest BCUT2D eigenvalue weighted by molar-refractivity contribution is 0.669. The molecule has 0 saturated heterocycles. The van der Waals surface area contributed by atoms with Crippen LogP contribution in [-0.4, -0.2) is 4.57 Å². The fraction of sp³-hybridized carbons (Fsp3) is 0. The van der Waals surface area contributed by atoms with E-state index < -0.39 is 0 Å². The highest BCUT2D eigenvalue weighted by Gasteiger charge is 2.22. The number of hydrogen-bond donors (Lipinski definition) is 0. The highest BCUT2D eigenvalue weighted by molar-refractivity contribution is 6.17. The van der Waals surface area contributed by atoms with Crippen LogP contribution in [0.15, 0.2) is 199 Å². The van der Waals surface area contributed by atoms with Crippen molar-refractivity contribution in [2.75, 3.05) is 4.90 Å². The van der Waals surface area contributed by atoms with Gasteiger partial charge < -0.3 is 13.9 Å². The first-order valence-electron chi connectivity index (χ1n) is 18.1. The van der Waals surface area contributed by atoms with Gasteiger partial charge in [-0.05, 0) is 105 Å². The van der Waals surface area contributed by atoms with Crippen LogP contribution in [0.1, 0.15) is 0 Å². The van der Waals surface area contributed by atoms with Crippen LogP contribution in [-0.2, 0) is 0 Å². The van der Waals surface area contributed by atoms with Crippen LogP contribution in [0, 0.1) is 0 Å². The number of rotatable bonds is 5. The van der Waals surface area contributed by atoms with E-state index in [1.165, 1.54) is 49.0 Å². The standard InChI is InChI=1S/C50H32N2O/c1-2-15-39(16-3-1)52-45-18-9-8-17-42(45)43-28-27-41(32-47(43)52)51(40-25-23-34(24-26-40)38-22-21-33-11-4-5-12-35(33)29-38)46-19-10-20-48-50(46)44-30-36-13-6-7-14-37(36)31-49(44)53-48/h1-32H. The molecule has 0 N–H and O–H groups in total. The average molecular weight is 677 g/mol. The molecule has 2 heterocycles. The molecule has 3 nitrogen and oxygen atoms in total. The zero-order valence-electron chi connectivity index (χ0n) is 28.8. The van der Waals surface area contributed by atoms with E-state index >= 15 is 0 Å². The molecule has 0 amide bonds. The zero-order valence-corrected chi connectivity index (χ0v) is 28.8. The Labute approximate surface area is 306 Å². The summed E-state index contributed by atoms with van der Waals surface area (Å²) in [5, 5.41) is 9.50. The van der Waals surface area contributed by atoms with Gasteiger partial charge in [-0.2, -0.15) is 0 Å². The predicted octanol–water partition coefficient (Wildman–Crippen LogP) is 14.1. The highest BCUT2D eigenvalue weighted by atomic mass is 16.3. The lowest BCUT2D eigenvalue weighted by Gasteiger charge is -2.27. The second-order valence-electron chi connectivity index (χ2n) is 13.8. The van der Waals surface area contributed by atoms with E-state index in [9.17, 15) is 0 Å². The predicted molar refractivity (Wildman–Crippen MR) is 223 cm³/mol.